The van der Waals surface area contributed by atoms with Gasteiger partial charge in [-0.1, -0.05) is 42.1 Å². The first-order chi connectivity index (χ1) is 16.1. The van der Waals surface area contributed by atoms with E-state index in [-0.39, 0.29) is 29.7 Å². The highest BCUT2D eigenvalue weighted by molar-refractivity contribution is 7.99. The van der Waals surface area contributed by atoms with Crippen molar-refractivity contribution in [2.24, 2.45) is 0 Å². The minimum Gasteiger partial charge on any atom is -0.356 e. The molecule has 9 heteroatoms. The van der Waals surface area contributed by atoms with E-state index in [0.29, 0.717) is 34.2 Å². The Morgan fingerprint density at radius 1 is 1.15 bits per heavy atom. The van der Waals surface area contributed by atoms with Gasteiger partial charge in [0, 0.05) is 18.7 Å². The zero-order valence-corrected chi connectivity index (χ0v) is 18.6. The van der Waals surface area contributed by atoms with Crippen molar-refractivity contribution in [3.63, 3.8) is 0 Å². The molecule has 0 fully saturated rings. The van der Waals surface area contributed by atoms with Crippen LogP contribution in [0.25, 0.3) is 16.7 Å². The van der Waals surface area contributed by atoms with E-state index in [1.807, 2.05) is 18.2 Å². The summed E-state index contributed by atoms with van der Waals surface area (Å²) in [5.74, 6) is 0.187. The summed E-state index contributed by atoms with van der Waals surface area (Å²) < 4.78 is 16.4. The van der Waals surface area contributed by atoms with Crippen molar-refractivity contribution in [2.75, 3.05) is 12.3 Å². The van der Waals surface area contributed by atoms with Gasteiger partial charge in [0.25, 0.3) is 5.56 Å². The third-order valence-corrected chi connectivity index (χ3v) is 6.77. The maximum absolute atomic E-state index is 13.3. The van der Waals surface area contributed by atoms with Crippen molar-refractivity contribution in [1.29, 1.82) is 0 Å². The highest BCUT2D eigenvalue weighted by Crippen LogP contribution is 2.33. The zero-order chi connectivity index (χ0) is 22.8. The minimum atomic E-state index is -0.346. The third kappa shape index (κ3) is 4.41. The van der Waals surface area contributed by atoms with Crippen LogP contribution in [0.5, 0.6) is 0 Å². The Balaban J connectivity index is 1.28. The standard InChI is InChI=1S/C24H22FN5O2S/c25-17-8-10-18(11-9-17)30-22-20(14-27-30)23(32)29-19(15-33-24(29)28-22)13-21(31)26-12-4-7-16-5-2-1-3-6-16/h1-3,5-6,8-11,14,19H,4,7,12-13,15H2,(H,26,31). The fraction of sp³-hybridized carbons (Fsp3) is 0.250. The molecule has 168 valence electrons. The molecule has 1 atom stereocenters. The number of hydrogen-bond acceptors (Lipinski definition) is 5. The lowest BCUT2D eigenvalue weighted by Crippen LogP contribution is -2.31. The number of nitrogens with zero attached hydrogens (tertiary/aromatic N) is 4. The van der Waals surface area contributed by atoms with Crippen molar-refractivity contribution in [1.82, 2.24) is 24.6 Å². The summed E-state index contributed by atoms with van der Waals surface area (Å²) in [5, 5.41) is 8.20. The molecule has 0 spiro atoms. The normalized spacial score (nSPS) is 15.0. The number of amides is 1. The van der Waals surface area contributed by atoms with Gasteiger partial charge in [0.2, 0.25) is 5.91 Å². The number of rotatable bonds is 7. The zero-order valence-electron chi connectivity index (χ0n) is 17.8. The fourth-order valence-corrected chi connectivity index (χ4v) is 5.13. The number of carbonyl (C=O) groups excluding carboxylic acids is 1. The maximum Gasteiger partial charge on any atom is 0.265 e. The second-order valence-corrected chi connectivity index (χ2v) is 8.93. The molecule has 0 radical (unpaired) electrons. The van der Waals surface area contributed by atoms with Crippen molar-refractivity contribution in [2.45, 2.75) is 30.5 Å². The van der Waals surface area contributed by atoms with Crippen LogP contribution in [0.3, 0.4) is 0 Å². The molecule has 0 bridgehead atoms. The Hall–Kier alpha value is -3.46. The number of halogens is 1. The Bertz CT molecular complexity index is 1350. The van der Waals surface area contributed by atoms with Crippen LogP contribution in [0.4, 0.5) is 4.39 Å². The first-order valence-corrected chi connectivity index (χ1v) is 11.8. The van der Waals surface area contributed by atoms with E-state index in [0.717, 1.165) is 12.8 Å². The van der Waals surface area contributed by atoms with Crippen LogP contribution in [-0.4, -0.2) is 37.5 Å². The predicted octanol–water partition coefficient (Wildman–Crippen LogP) is 3.51. The molecule has 33 heavy (non-hydrogen) atoms. The van der Waals surface area contributed by atoms with Gasteiger partial charge in [0.15, 0.2) is 10.8 Å². The van der Waals surface area contributed by atoms with Crippen LogP contribution in [-0.2, 0) is 11.2 Å². The van der Waals surface area contributed by atoms with E-state index in [1.165, 1.54) is 40.3 Å². The average molecular weight is 464 g/mol. The molecule has 7 nitrogen and oxygen atoms in total. The van der Waals surface area contributed by atoms with Crippen LogP contribution in [0.1, 0.15) is 24.4 Å². The predicted molar refractivity (Wildman–Crippen MR) is 125 cm³/mol. The molecule has 1 unspecified atom stereocenters. The summed E-state index contributed by atoms with van der Waals surface area (Å²) in [6.45, 7) is 0.594. The minimum absolute atomic E-state index is 0.0736. The lowest BCUT2D eigenvalue weighted by Gasteiger charge is -2.13. The van der Waals surface area contributed by atoms with Gasteiger partial charge < -0.3 is 5.32 Å². The Labute approximate surface area is 193 Å². The quantitative estimate of drug-likeness (QED) is 0.335. The molecule has 2 aromatic carbocycles. The number of aromatic nitrogens is 4. The number of aryl methyl sites for hydroxylation is 1. The second kappa shape index (κ2) is 9.19. The molecule has 1 aliphatic heterocycles. The summed E-state index contributed by atoms with van der Waals surface area (Å²) in [6.07, 6.45) is 3.47. The number of thioether (sulfide) groups is 1. The molecule has 1 N–H and O–H groups in total. The van der Waals surface area contributed by atoms with Crippen LogP contribution in [0.15, 0.2) is 70.7 Å². The summed E-state index contributed by atoms with van der Waals surface area (Å²) in [6, 6.07) is 15.8. The molecule has 3 heterocycles. The van der Waals surface area contributed by atoms with Crippen molar-refractivity contribution in [3.8, 4) is 5.69 Å². The monoisotopic (exact) mass is 463 g/mol. The van der Waals surface area contributed by atoms with Gasteiger partial charge in [0.05, 0.1) is 17.9 Å². The van der Waals surface area contributed by atoms with E-state index in [1.54, 1.807) is 16.7 Å². The smallest absolute Gasteiger partial charge is 0.265 e. The van der Waals surface area contributed by atoms with Gasteiger partial charge in [-0.15, -0.1) is 0 Å². The number of benzene rings is 2. The molecule has 1 amide bonds. The molecular weight excluding hydrogens is 441 g/mol. The topological polar surface area (TPSA) is 81.8 Å². The molecule has 0 saturated carbocycles. The van der Waals surface area contributed by atoms with Gasteiger partial charge in [-0.25, -0.2) is 14.1 Å². The summed E-state index contributed by atoms with van der Waals surface area (Å²) in [5.41, 5.74) is 2.08. The molecule has 2 aromatic heterocycles. The van der Waals surface area contributed by atoms with Gasteiger partial charge in [-0.2, -0.15) is 5.10 Å². The number of carbonyl (C=O) groups is 1. The third-order valence-electron chi connectivity index (χ3n) is 5.67. The van der Waals surface area contributed by atoms with E-state index < -0.39 is 0 Å². The van der Waals surface area contributed by atoms with Gasteiger partial charge in [-0.3, -0.25) is 14.2 Å². The maximum atomic E-state index is 13.3. The molecule has 5 rings (SSSR count). The second-order valence-electron chi connectivity index (χ2n) is 7.95. The van der Waals surface area contributed by atoms with E-state index in [4.69, 9.17) is 0 Å². The summed E-state index contributed by atoms with van der Waals surface area (Å²) >= 11 is 1.45. The van der Waals surface area contributed by atoms with E-state index in [9.17, 15) is 14.0 Å². The SMILES string of the molecule is O=C(CC1CSc2nc3c(cnn3-c3ccc(F)cc3)c(=O)n21)NCCCc1ccccc1. The van der Waals surface area contributed by atoms with Gasteiger partial charge in [0.1, 0.15) is 11.2 Å². The van der Waals surface area contributed by atoms with Crippen molar-refractivity contribution in [3.05, 3.63) is 82.5 Å². The van der Waals surface area contributed by atoms with Crippen LogP contribution < -0.4 is 10.9 Å². The van der Waals surface area contributed by atoms with Gasteiger partial charge >= 0.3 is 0 Å². The van der Waals surface area contributed by atoms with Gasteiger partial charge in [-0.05, 0) is 42.7 Å². The molecule has 1 aliphatic rings. The highest BCUT2D eigenvalue weighted by Gasteiger charge is 2.29. The first kappa shape index (κ1) is 21.4. The number of hydrogen-bond donors (Lipinski definition) is 1. The first-order valence-electron chi connectivity index (χ1n) is 10.8. The lowest BCUT2D eigenvalue weighted by molar-refractivity contribution is -0.121. The fourth-order valence-electron chi connectivity index (χ4n) is 4.00. The summed E-state index contributed by atoms with van der Waals surface area (Å²) in [7, 11) is 0. The van der Waals surface area contributed by atoms with Crippen LogP contribution >= 0.6 is 11.8 Å². The molecule has 0 saturated heterocycles. The van der Waals surface area contributed by atoms with Crippen LogP contribution in [0, 0.1) is 5.82 Å². The molecular formula is C24H22FN5O2S. The Kier molecular flexibility index (Phi) is 5.95. The number of fused-ring (bicyclic) bond motifs is 2. The largest absolute Gasteiger partial charge is 0.356 e. The Morgan fingerprint density at radius 2 is 1.94 bits per heavy atom. The highest BCUT2D eigenvalue weighted by atomic mass is 32.2. The summed E-state index contributed by atoms with van der Waals surface area (Å²) in [4.78, 5) is 30.3. The Morgan fingerprint density at radius 3 is 2.73 bits per heavy atom. The van der Waals surface area contributed by atoms with Crippen molar-refractivity contribution < 1.29 is 9.18 Å². The van der Waals surface area contributed by atoms with Crippen molar-refractivity contribution >= 4 is 28.7 Å². The number of nitrogens with one attached hydrogen (secondary N) is 1. The van der Waals surface area contributed by atoms with E-state index in [2.05, 4.69) is 27.5 Å². The molecule has 4 aromatic rings. The van der Waals surface area contributed by atoms with E-state index >= 15 is 0 Å². The van der Waals surface area contributed by atoms with Crippen LogP contribution in [0.2, 0.25) is 0 Å². The molecule has 0 aliphatic carbocycles. The lowest BCUT2D eigenvalue weighted by atomic mass is 10.1. The average Bonchev–Trinajstić information content (AvgIpc) is 3.43.